The van der Waals surface area contributed by atoms with Gasteiger partial charge in [-0.05, 0) is 34.4 Å². The minimum atomic E-state index is -2.33. The molecule has 0 aliphatic heterocycles. The Hall–Kier alpha value is -0.730. The lowest BCUT2D eigenvalue weighted by Crippen LogP contribution is -2.45. The van der Waals surface area contributed by atoms with Crippen LogP contribution in [0.3, 0.4) is 0 Å². The fourth-order valence-electron chi connectivity index (χ4n) is 1.35. The van der Waals surface area contributed by atoms with Gasteiger partial charge >= 0.3 is 0 Å². The molecule has 3 nitrogen and oxygen atoms in total. The van der Waals surface area contributed by atoms with E-state index in [4.69, 9.17) is 5.26 Å². The second-order valence-corrected chi connectivity index (χ2v) is 4.08. The van der Waals surface area contributed by atoms with E-state index < -0.39 is 12.0 Å². The Morgan fingerprint density at radius 1 is 1.53 bits per heavy atom. The van der Waals surface area contributed by atoms with Crippen molar-refractivity contribution in [1.82, 2.24) is 10.2 Å². The molecule has 0 radical (unpaired) electrons. The number of alkyl halides is 2. The average Bonchev–Trinajstić information content (AvgIpc) is 2.16. The molecule has 0 aromatic carbocycles. The smallest absolute Gasteiger partial charge is 0.251 e. The van der Waals surface area contributed by atoms with Gasteiger partial charge in [-0.2, -0.15) is 5.26 Å². The Morgan fingerprint density at radius 3 is 2.40 bits per heavy atom. The van der Waals surface area contributed by atoms with Gasteiger partial charge in [-0.3, -0.25) is 4.90 Å². The van der Waals surface area contributed by atoms with E-state index in [1.54, 1.807) is 25.9 Å². The first-order valence-electron chi connectivity index (χ1n) is 4.93. The summed E-state index contributed by atoms with van der Waals surface area (Å²) < 4.78 is 24.2. The van der Waals surface area contributed by atoms with Gasteiger partial charge in [0.1, 0.15) is 5.54 Å². The Kier molecular flexibility index (Phi) is 5.69. The van der Waals surface area contributed by atoms with Crippen LogP contribution >= 0.6 is 0 Å². The quantitative estimate of drug-likeness (QED) is 0.735. The van der Waals surface area contributed by atoms with Gasteiger partial charge in [-0.15, -0.1) is 0 Å². The zero-order valence-corrected chi connectivity index (χ0v) is 9.72. The van der Waals surface area contributed by atoms with E-state index in [0.29, 0.717) is 6.42 Å². The molecule has 0 aliphatic rings. The second-order valence-electron chi connectivity index (χ2n) is 4.08. The maximum atomic E-state index is 12.1. The average molecular weight is 219 g/mol. The van der Waals surface area contributed by atoms with Gasteiger partial charge in [0, 0.05) is 6.04 Å². The fraction of sp³-hybridized carbons (Fsp3) is 0.900. The monoisotopic (exact) mass is 219 g/mol. The number of nitriles is 1. The molecule has 0 spiro atoms. The molecule has 0 fully saturated rings. The van der Waals surface area contributed by atoms with E-state index in [1.165, 1.54) is 0 Å². The highest BCUT2D eigenvalue weighted by molar-refractivity contribution is 5.04. The Morgan fingerprint density at radius 2 is 2.07 bits per heavy atom. The number of hydrogen-bond acceptors (Lipinski definition) is 3. The first-order chi connectivity index (χ1) is 6.84. The van der Waals surface area contributed by atoms with Gasteiger partial charge < -0.3 is 5.32 Å². The van der Waals surface area contributed by atoms with E-state index in [9.17, 15) is 8.78 Å². The number of hydrogen-bond donors (Lipinski definition) is 1. The third kappa shape index (κ3) is 5.05. The van der Waals surface area contributed by atoms with Crippen LogP contribution in [0.2, 0.25) is 0 Å². The predicted molar refractivity (Wildman–Crippen MR) is 55.8 cm³/mol. The van der Waals surface area contributed by atoms with Gasteiger partial charge in [0.2, 0.25) is 0 Å². The van der Waals surface area contributed by atoms with E-state index in [-0.39, 0.29) is 12.6 Å². The van der Waals surface area contributed by atoms with Crippen molar-refractivity contribution in [3.05, 3.63) is 0 Å². The highest BCUT2D eigenvalue weighted by atomic mass is 19.3. The lowest BCUT2D eigenvalue weighted by atomic mass is 9.95. The summed E-state index contributed by atoms with van der Waals surface area (Å²) in [5.41, 5.74) is -0.657. The molecule has 0 bridgehead atoms. The Labute approximate surface area is 90.1 Å². The summed E-state index contributed by atoms with van der Waals surface area (Å²) in [6, 6.07) is 2.08. The van der Waals surface area contributed by atoms with Crippen LogP contribution in [-0.4, -0.2) is 43.5 Å². The standard InChI is InChI=1S/C10H19F2N3/c1-8(15(4)6-9(11)12)5-10(2,7-13)14-3/h8-9,14H,5-6H2,1-4H3. The van der Waals surface area contributed by atoms with Gasteiger partial charge in [0.25, 0.3) is 6.43 Å². The van der Waals surface area contributed by atoms with Crippen molar-refractivity contribution in [3.63, 3.8) is 0 Å². The van der Waals surface area contributed by atoms with Gasteiger partial charge in [-0.25, -0.2) is 8.78 Å². The van der Waals surface area contributed by atoms with Crippen LogP contribution in [0.1, 0.15) is 20.3 Å². The van der Waals surface area contributed by atoms with Crippen LogP contribution in [0.4, 0.5) is 8.78 Å². The van der Waals surface area contributed by atoms with Crippen molar-refractivity contribution in [2.45, 2.75) is 38.3 Å². The van der Waals surface area contributed by atoms with E-state index in [2.05, 4.69) is 11.4 Å². The molecule has 0 heterocycles. The maximum Gasteiger partial charge on any atom is 0.251 e. The molecule has 0 amide bonds. The van der Waals surface area contributed by atoms with Crippen LogP contribution in [0.15, 0.2) is 0 Å². The summed E-state index contributed by atoms with van der Waals surface area (Å²) in [4.78, 5) is 1.57. The minimum Gasteiger partial charge on any atom is -0.303 e. The highest BCUT2D eigenvalue weighted by Crippen LogP contribution is 2.14. The van der Waals surface area contributed by atoms with Crippen molar-refractivity contribution < 1.29 is 8.78 Å². The normalized spacial score (nSPS) is 17.5. The Balaban J connectivity index is 4.23. The molecule has 0 rings (SSSR count). The third-order valence-corrected chi connectivity index (χ3v) is 2.68. The zero-order valence-electron chi connectivity index (χ0n) is 9.72. The SMILES string of the molecule is CNC(C)(C#N)CC(C)N(C)CC(F)F. The molecule has 0 aliphatic carbocycles. The molecule has 0 saturated heterocycles. The summed E-state index contributed by atoms with van der Waals surface area (Å²) in [6.07, 6.45) is -1.82. The molecule has 1 N–H and O–H groups in total. The summed E-state index contributed by atoms with van der Waals surface area (Å²) >= 11 is 0. The topological polar surface area (TPSA) is 39.1 Å². The minimum absolute atomic E-state index is 0.0592. The Bertz CT molecular complexity index is 227. The van der Waals surface area contributed by atoms with Crippen molar-refractivity contribution >= 4 is 0 Å². The first kappa shape index (κ1) is 14.3. The second kappa shape index (κ2) is 5.99. The van der Waals surface area contributed by atoms with Crippen LogP contribution in [0.5, 0.6) is 0 Å². The van der Waals surface area contributed by atoms with Crippen molar-refractivity contribution in [2.24, 2.45) is 0 Å². The molecule has 5 heteroatoms. The molecule has 0 aromatic heterocycles. The van der Waals surface area contributed by atoms with Gasteiger partial charge in [-0.1, -0.05) is 0 Å². The lowest BCUT2D eigenvalue weighted by Gasteiger charge is -2.30. The summed E-state index contributed by atoms with van der Waals surface area (Å²) in [5.74, 6) is 0. The molecular formula is C10H19F2N3. The molecule has 0 aromatic rings. The van der Waals surface area contributed by atoms with E-state index in [1.807, 2.05) is 6.92 Å². The van der Waals surface area contributed by atoms with Crippen LogP contribution in [0, 0.1) is 11.3 Å². The summed E-state index contributed by atoms with van der Waals surface area (Å²) in [5, 5.41) is 11.8. The maximum absolute atomic E-state index is 12.1. The number of halogens is 2. The summed E-state index contributed by atoms with van der Waals surface area (Å²) in [7, 11) is 3.34. The number of nitrogens with one attached hydrogen (secondary N) is 1. The van der Waals surface area contributed by atoms with Crippen molar-refractivity contribution in [1.29, 1.82) is 5.26 Å². The highest BCUT2D eigenvalue weighted by Gasteiger charge is 2.26. The van der Waals surface area contributed by atoms with E-state index in [0.717, 1.165) is 0 Å². The van der Waals surface area contributed by atoms with Crippen LogP contribution in [0.25, 0.3) is 0 Å². The molecule has 88 valence electrons. The predicted octanol–water partition coefficient (Wildman–Crippen LogP) is 1.46. The first-order valence-corrected chi connectivity index (χ1v) is 4.93. The van der Waals surface area contributed by atoms with E-state index >= 15 is 0 Å². The fourth-order valence-corrected chi connectivity index (χ4v) is 1.35. The molecule has 15 heavy (non-hydrogen) atoms. The summed E-state index contributed by atoms with van der Waals surface area (Å²) in [6.45, 7) is 3.35. The van der Waals surface area contributed by atoms with Gasteiger partial charge in [0.05, 0.1) is 12.6 Å². The third-order valence-electron chi connectivity index (χ3n) is 2.68. The van der Waals surface area contributed by atoms with Crippen molar-refractivity contribution in [3.8, 4) is 6.07 Å². The molecule has 2 unspecified atom stereocenters. The molecular weight excluding hydrogens is 200 g/mol. The molecule has 0 saturated carbocycles. The van der Waals surface area contributed by atoms with Crippen LogP contribution in [-0.2, 0) is 0 Å². The lowest BCUT2D eigenvalue weighted by molar-refractivity contribution is 0.0781. The van der Waals surface area contributed by atoms with Crippen molar-refractivity contribution in [2.75, 3.05) is 20.6 Å². The van der Waals surface area contributed by atoms with Crippen LogP contribution < -0.4 is 5.32 Å². The molecule has 2 atom stereocenters. The number of rotatable bonds is 6. The zero-order chi connectivity index (χ0) is 12.1. The van der Waals surface area contributed by atoms with Gasteiger partial charge in [0.15, 0.2) is 0 Å². The largest absolute Gasteiger partial charge is 0.303 e. The number of nitrogens with zero attached hydrogens (tertiary/aromatic N) is 2.